The van der Waals surface area contributed by atoms with Crippen LogP contribution in [0.3, 0.4) is 0 Å². The lowest BCUT2D eigenvalue weighted by Crippen LogP contribution is -2.29. The van der Waals surface area contributed by atoms with Crippen LogP contribution in [0.5, 0.6) is 5.75 Å². The molecule has 2 amide bonds. The summed E-state index contributed by atoms with van der Waals surface area (Å²) in [5.74, 6) is -1.92. The van der Waals surface area contributed by atoms with Gasteiger partial charge in [0, 0.05) is 17.3 Å². The summed E-state index contributed by atoms with van der Waals surface area (Å²) in [5.41, 5.74) is 6.86. The van der Waals surface area contributed by atoms with E-state index in [0.29, 0.717) is 28.3 Å². The zero-order chi connectivity index (χ0) is 25.4. The van der Waals surface area contributed by atoms with E-state index in [9.17, 15) is 19.5 Å². The fourth-order valence-electron chi connectivity index (χ4n) is 4.27. The van der Waals surface area contributed by atoms with E-state index in [1.807, 2.05) is 0 Å². The van der Waals surface area contributed by atoms with Gasteiger partial charge in [0.15, 0.2) is 5.82 Å². The van der Waals surface area contributed by atoms with Gasteiger partial charge >= 0.3 is 5.91 Å². The molecule has 1 aliphatic heterocycles. The molecule has 1 fully saturated rings. The second-order valence-corrected chi connectivity index (χ2v) is 8.13. The molecule has 35 heavy (non-hydrogen) atoms. The van der Waals surface area contributed by atoms with Crippen LogP contribution in [-0.4, -0.2) is 39.5 Å². The van der Waals surface area contributed by atoms with E-state index >= 15 is 0 Å². The van der Waals surface area contributed by atoms with Crippen LogP contribution in [0, 0.1) is 20.8 Å². The molecule has 3 heterocycles. The lowest BCUT2D eigenvalue weighted by Gasteiger charge is -2.23. The molecule has 0 bridgehead atoms. The van der Waals surface area contributed by atoms with E-state index in [-0.39, 0.29) is 29.3 Å². The molecule has 1 atom stereocenters. The van der Waals surface area contributed by atoms with Gasteiger partial charge in [-0.15, -0.1) is 0 Å². The molecule has 1 saturated heterocycles. The first-order chi connectivity index (χ1) is 16.6. The van der Waals surface area contributed by atoms with E-state index in [0.717, 1.165) is 0 Å². The van der Waals surface area contributed by atoms with Crippen molar-refractivity contribution >= 4 is 29.2 Å². The van der Waals surface area contributed by atoms with E-state index in [4.69, 9.17) is 15.0 Å². The van der Waals surface area contributed by atoms with Crippen LogP contribution in [0.15, 0.2) is 53.1 Å². The third-order valence-electron chi connectivity index (χ3n) is 5.77. The Kier molecular flexibility index (Phi) is 6.04. The summed E-state index contributed by atoms with van der Waals surface area (Å²) in [6.45, 7) is 8.76. The van der Waals surface area contributed by atoms with Gasteiger partial charge in [-0.1, -0.05) is 29.9 Å². The Labute approximate surface area is 200 Å². The average molecular weight is 476 g/mol. The number of aliphatic hydroxyl groups is 1. The normalized spacial score (nSPS) is 17.1. The number of benzene rings is 1. The largest absolute Gasteiger partial charge is 0.507 e. The molecule has 0 spiro atoms. The molecule has 0 saturated carbocycles. The summed E-state index contributed by atoms with van der Waals surface area (Å²) in [7, 11) is 0. The van der Waals surface area contributed by atoms with Crippen molar-refractivity contribution in [3.63, 3.8) is 0 Å². The summed E-state index contributed by atoms with van der Waals surface area (Å²) in [6.07, 6.45) is 1.59. The van der Waals surface area contributed by atoms with Crippen LogP contribution < -0.4 is 15.4 Å². The molecule has 180 valence electrons. The van der Waals surface area contributed by atoms with E-state index < -0.39 is 29.4 Å². The first-order valence-corrected chi connectivity index (χ1v) is 10.7. The van der Waals surface area contributed by atoms with Crippen molar-refractivity contribution in [1.29, 1.82) is 0 Å². The van der Waals surface area contributed by atoms with Crippen LogP contribution in [0.1, 0.15) is 44.7 Å². The number of amides is 2. The number of ketones is 1. The number of aliphatic hydroxyl groups excluding tert-OH is 1. The van der Waals surface area contributed by atoms with Gasteiger partial charge in [-0.05, 0) is 44.0 Å². The number of rotatable bonds is 7. The number of nitrogens with two attached hydrogens (primary N) is 1. The predicted molar refractivity (Wildman–Crippen MR) is 127 cm³/mol. The Morgan fingerprint density at radius 3 is 2.66 bits per heavy atom. The van der Waals surface area contributed by atoms with Crippen LogP contribution in [0.25, 0.3) is 5.76 Å². The van der Waals surface area contributed by atoms with Crippen molar-refractivity contribution in [1.82, 2.24) is 10.1 Å². The number of nitrogens with one attached hydrogen (secondary N) is 1. The number of Topliss-reactive ketones (excluding diaryl/α,β-unsaturated/α-hetero) is 1. The summed E-state index contributed by atoms with van der Waals surface area (Å²) in [6, 6.07) is 7.28. The highest BCUT2D eigenvalue weighted by atomic mass is 16.5. The molecule has 1 aliphatic rings. The van der Waals surface area contributed by atoms with Crippen molar-refractivity contribution in [3.05, 3.63) is 82.4 Å². The number of hydrogen-bond acceptors (Lipinski definition) is 7. The average Bonchev–Trinajstić information content (AvgIpc) is 3.46. The molecule has 10 nitrogen and oxygen atoms in total. The molecule has 0 aliphatic carbocycles. The molecule has 10 heteroatoms. The summed E-state index contributed by atoms with van der Waals surface area (Å²) in [4.78, 5) is 42.3. The maximum absolute atomic E-state index is 13.3. The SMILES string of the molecule is C=CCOc1cccc(C2/C(=C(\O)c3c(C)[nH]c(C(N)=O)c3C)C(=O)C(=O)N2c2cc(C)on2)c1. The van der Waals surface area contributed by atoms with Gasteiger partial charge in [0.2, 0.25) is 0 Å². The van der Waals surface area contributed by atoms with Gasteiger partial charge in [0.25, 0.3) is 11.7 Å². The standard InChI is InChI=1S/C25H24N4O6/c1-5-9-34-16-8-6-7-15(11-16)21-19(22(30)18-13(3)20(24(26)32)27-14(18)4)23(31)25(33)29(21)17-10-12(2)35-28-17/h5-8,10-11,21,27,30H,1,9H2,2-4H3,(H2,26,32)/b22-19+. The van der Waals surface area contributed by atoms with Gasteiger partial charge in [0.05, 0.1) is 11.6 Å². The van der Waals surface area contributed by atoms with Crippen molar-refractivity contribution in [2.75, 3.05) is 11.5 Å². The van der Waals surface area contributed by atoms with Gasteiger partial charge in [-0.2, -0.15) is 0 Å². The van der Waals surface area contributed by atoms with Crippen LogP contribution in [0.4, 0.5) is 5.82 Å². The van der Waals surface area contributed by atoms with Gasteiger partial charge < -0.3 is 25.1 Å². The summed E-state index contributed by atoms with van der Waals surface area (Å²) in [5, 5.41) is 15.3. The number of anilines is 1. The molecule has 1 aromatic carbocycles. The predicted octanol–water partition coefficient (Wildman–Crippen LogP) is 3.22. The van der Waals surface area contributed by atoms with E-state index in [2.05, 4.69) is 16.7 Å². The minimum absolute atomic E-state index is 0.0989. The van der Waals surface area contributed by atoms with Crippen molar-refractivity contribution in [3.8, 4) is 5.75 Å². The number of primary amides is 1. The number of ether oxygens (including phenoxy) is 1. The number of hydrogen-bond donors (Lipinski definition) is 3. The molecule has 1 unspecified atom stereocenters. The maximum atomic E-state index is 13.3. The summed E-state index contributed by atoms with van der Waals surface area (Å²) >= 11 is 0. The third kappa shape index (κ3) is 3.99. The molecule has 0 radical (unpaired) electrons. The smallest absolute Gasteiger partial charge is 0.301 e. The Hall–Kier alpha value is -4.60. The maximum Gasteiger partial charge on any atom is 0.301 e. The fraction of sp³-hybridized carbons (Fsp3) is 0.200. The second kappa shape index (κ2) is 8.98. The molecule has 3 aromatic rings. The zero-order valence-corrected chi connectivity index (χ0v) is 19.4. The van der Waals surface area contributed by atoms with Gasteiger partial charge in [-0.25, -0.2) is 0 Å². The van der Waals surface area contributed by atoms with Crippen molar-refractivity contribution in [2.45, 2.75) is 26.8 Å². The number of aromatic amines is 1. The first kappa shape index (κ1) is 23.6. The topological polar surface area (TPSA) is 152 Å². The number of aryl methyl sites for hydroxylation is 2. The molecular formula is C25H24N4O6. The Balaban J connectivity index is 1.97. The number of carbonyl (C=O) groups is 3. The monoisotopic (exact) mass is 476 g/mol. The Morgan fingerprint density at radius 2 is 2.06 bits per heavy atom. The lowest BCUT2D eigenvalue weighted by molar-refractivity contribution is -0.132. The van der Waals surface area contributed by atoms with Crippen molar-refractivity contribution < 1.29 is 28.8 Å². The van der Waals surface area contributed by atoms with Crippen LogP contribution in [-0.2, 0) is 9.59 Å². The highest BCUT2D eigenvalue weighted by molar-refractivity contribution is 6.51. The second-order valence-electron chi connectivity index (χ2n) is 8.13. The minimum atomic E-state index is -1.04. The first-order valence-electron chi connectivity index (χ1n) is 10.7. The highest BCUT2D eigenvalue weighted by Crippen LogP contribution is 2.43. The number of aromatic nitrogens is 2. The molecule has 2 aromatic heterocycles. The Morgan fingerprint density at radius 1 is 1.31 bits per heavy atom. The zero-order valence-electron chi connectivity index (χ0n) is 19.4. The molecule has 4 N–H and O–H groups in total. The number of nitrogens with zero attached hydrogens (tertiary/aromatic N) is 2. The highest BCUT2D eigenvalue weighted by Gasteiger charge is 2.48. The van der Waals surface area contributed by atoms with E-state index in [1.165, 1.54) is 11.0 Å². The lowest BCUT2D eigenvalue weighted by atomic mass is 9.94. The molecule has 4 rings (SSSR count). The fourth-order valence-corrected chi connectivity index (χ4v) is 4.27. The van der Waals surface area contributed by atoms with Crippen molar-refractivity contribution in [2.24, 2.45) is 5.73 Å². The van der Waals surface area contributed by atoms with Gasteiger partial charge in [0.1, 0.15) is 29.6 Å². The van der Waals surface area contributed by atoms with Crippen LogP contribution >= 0.6 is 0 Å². The summed E-state index contributed by atoms with van der Waals surface area (Å²) < 4.78 is 10.8. The number of H-pyrrole nitrogens is 1. The Bertz CT molecular complexity index is 1400. The van der Waals surface area contributed by atoms with Crippen LogP contribution in [0.2, 0.25) is 0 Å². The van der Waals surface area contributed by atoms with Gasteiger partial charge in [-0.3, -0.25) is 19.3 Å². The van der Waals surface area contributed by atoms with E-state index in [1.54, 1.807) is 51.1 Å². The quantitative estimate of drug-likeness (QED) is 0.205. The third-order valence-corrected chi connectivity index (χ3v) is 5.77. The number of carbonyl (C=O) groups excluding carboxylic acids is 3. The minimum Gasteiger partial charge on any atom is -0.507 e. The molecular weight excluding hydrogens is 452 g/mol.